The molecule has 0 saturated heterocycles. The fraction of sp³-hybridized carbons (Fsp3) is 0.222. The zero-order valence-electron chi connectivity index (χ0n) is 8.11. The number of hydrogen-bond donors (Lipinski definition) is 1. The molecule has 5 nitrogen and oxygen atoms in total. The van der Waals surface area contributed by atoms with E-state index in [1.807, 2.05) is 0 Å². The van der Waals surface area contributed by atoms with Crippen LogP contribution in [-0.4, -0.2) is 23.0 Å². The number of carbonyl (C=O) groups excluding carboxylic acids is 1. The maximum atomic E-state index is 10.8. The molecule has 0 saturated carbocycles. The first kappa shape index (κ1) is 11.5. The standard InChI is InChI=1S/C9H10ClN3O2/c1-15-8(14)4-2-3-6-9(10)13-7(11)5-12-6/h2-3,5H,4H2,1H3,(H2,11,13). The second kappa shape index (κ2) is 5.31. The number of rotatable bonds is 3. The molecule has 0 spiro atoms. The van der Waals surface area contributed by atoms with E-state index in [1.54, 1.807) is 12.2 Å². The molecule has 80 valence electrons. The van der Waals surface area contributed by atoms with Crippen molar-refractivity contribution >= 4 is 29.5 Å². The second-order valence-corrected chi connectivity index (χ2v) is 3.01. The van der Waals surface area contributed by atoms with Gasteiger partial charge in [0.2, 0.25) is 0 Å². The summed E-state index contributed by atoms with van der Waals surface area (Å²) >= 11 is 5.76. The highest BCUT2D eigenvalue weighted by atomic mass is 35.5. The number of nitrogens with zero attached hydrogens (tertiary/aromatic N) is 2. The van der Waals surface area contributed by atoms with Crippen molar-refractivity contribution in [2.75, 3.05) is 12.8 Å². The Labute approximate surface area is 91.9 Å². The Morgan fingerprint density at radius 1 is 1.73 bits per heavy atom. The van der Waals surface area contributed by atoms with Crippen LogP contribution in [0.1, 0.15) is 12.1 Å². The quantitative estimate of drug-likeness (QED) is 0.788. The van der Waals surface area contributed by atoms with Crippen molar-refractivity contribution in [1.29, 1.82) is 0 Å². The molecule has 1 rings (SSSR count). The summed E-state index contributed by atoms with van der Waals surface area (Å²) < 4.78 is 4.46. The van der Waals surface area contributed by atoms with E-state index in [0.29, 0.717) is 5.69 Å². The van der Waals surface area contributed by atoms with Crippen LogP contribution in [0.2, 0.25) is 5.15 Å². The Balaban J connectivity index is 2.68. The third-order valence-electron chi connectivity index (χ3n) is 1.56. The number of carbonyl (C=O) groups is 1. The Hall–Kier alpha value is -1.62. The molecular weight excluding hydrogens is 218 g/mol. The molecule has 1 aromatic heterocycles. The zero-order valence-corrected chi connectivity index (χ0v) is 8.86. The van der Waals surface area contributed by atoms with Crippen LogP contribution in [-0.2, 0) is 9.53 Å². The van der Waals surface area contributed by atoms with Gasteiger partial charge in [-0.15, -0.1) is 0 Å². The number of halogens is 1. The molecular formula is C9H10ClN3O2. The monoisotopic (exact) mass is 227 g/mol. The molecule has 0 amide bonds. The lowest BCUT2D eigenvalue weighted by Gasteiger charge is -1.97. The van der Waals surface area contributed by atoms with E-state index in [0.717, 1.165) is 0 Å². The number of nitrogen functional groups attached to an aromatic ring is 1. The highest BCUT2D eigenvalue weighted by Gasteiger charge is 2.00. The van der Waals surface area contributed by atoms with E-state index in [1.165, 1.54) is 13.3 Å². The number of hydrogen-bond acceptors (Lipinski definition) is 5. The summed E-state index contributed by atoms with van der Waals surface area (Å²) in [5.74, 6) is -0.0732. The van der Waals surface area contributed by atoms with Crippen LogP contribution < -0.4 is 5.73 Å². The van der Waals surface area contributed by atoms with Crippen molar-refractivity contribution in [3.05, 3.63) is 23.1 Å². The van der Waals surface area contributed by atoms with Gasteiger partial charge in [0, 0.05) is 0 Å². The summed E-state index contributed by atoms with van der Waals surface area (Å²) in [6.45, 7) is 0. The van der Waals surface area contributed by atoms with Crippen molar-refractivity contribution < 1.29 is 9.53 Å². The van der Waals surface area contributed by atoms with Crippen molar-refractivity contribution in [3.8, 4) is 0 Å². The third-order valence-corrected chi connectivity index (χ3v) is 1.84. The first-order valence-electron chi connectivity index (χ1n) is 4.15. The molecule has 6 heteroatoms. The van der Waals surface area contributed by atoms with Gasteiger partial charge in [0.05, 0.1) is 19.7 Å². The lowest BCUT2D eigenvalue weighted by Crippen LogP contribution is -1.97. The Morgan fingerprint density at radius 2 is 2.47 bits per heavy atom. The van der Waals surface area contributed by atoms with Gasteiger partial charge in [-0.2, -0.15) is 0 Å². The summed E-state index contributed by atoms with van der Waals surface area (Å²) in [4.78, 5) is 18.5. The van der Waals surface area contributed by atoms with E-state index in [4.69, 9.17) is 17.3 Å². The van der Waals surface area contributed by atoms with Crippen LogP contribution in [0.15, 0.2) is 12.3 Å². The SMILES string of the molecule is COC(=O)CC=Cc1ncc(N)nc1Cl. The maximum Gasteiger partial charge on any atom is 0.309 e. The molecule has 0 unspecified atom stereocenters. The summed E-state index contributed by atoms with van der Waals surface area (Å²) in [6.07, 6.45) is 4.74. The van der Waals surface area contributed by atoms with Gasteiger partial charge in [0.25, 0.3) is 0 Å². The number of ether oxygens (including phenoxy) is 1. The number of anilines is 1. The highest BCUT2D eigenvalue weighted by molar-refractivity contribution is 6.30. The summed E-state index contributed by atoms with van der Waals surface area (Å²) in [7, 11) is 1.33. The van der Waals surface area contributed by atoms with Gasteiger partial charge in [-0.05, 0) is 6.08 Å². The molecule has 0 aromatic carbocycles. The number of nitrogens with two attached hydrogens (primary N) is 1. The van der Waals surface area contributed by atoms with Gasteiger partial charge in [0.15, 0.2) is 5.15 Å². The first-order valence-corrected chi connectivity index (χ1v) is 4.52. The molecule has 0 atom stereocenters. The smallest absolute Gasteiger partial charge is 0.309 e. The molecule has 1 heterocycles. The van der Waals surface area contributed by atoms with Crippen LogP contribution in [0.25, 0.3) is 6.08 Å². The minimum Gasteiger partial charge on any atom is -0.469 e. The molecule has 1 aromatic rings. The predicted octanol–water partition coefficient (Wildman–Crippen LogP) is 1.29. The number of aromatic nitrogens is 2. The second-order valence-electron chi connectivity index (χ2n) is 2.65. The fourth-order valence-corrected chi connectivity index (χ4v) is 1.06. The molecule has 0 bridgehead atoms. The fourth-order valence-electron chi connectivity index (χ4n) is 0.850. The van der Waals surface area contributed by atoms with E-state index in [-0.39, 0.29) is 23.4 Å². The minimum atomic E-state index is -0.328. The average molecular weight is 228 g/mol. The van der Waals surface area contributed by atoms with Crippen LogP contribution in [0, 0.1) is 0 Å². The highest BCUT2D eigenvalue weighted by Crippen LogP contribution is 2.13. The van der Waals surface area contributed by atoms with E-state index >= 15 is 0 Å². The lowest BCUT2D eigenvalue weighted by atomic mass is 10.3. The molecule has 0 aliphatic heterocycles. The van der Waals surface area contributed by atoms with E-state index < -0.39 is 0 Å². The largest absolute Gasteiger partial charge is 0.469 e. The summed E-state index contributed by atoms with van der Waals surface area (Å²) in [5.41, 5.74) is 5.84. The van der Waals surface area contributed by atoms with Crippen molar-refractivity contribution in [2.24, 2.45) is 0 Å². The summed E-state index contributed by atoms with van der Waals surface area (Å²) in [5, 5.41) is 0.205. The first-order chi connectivity index (χ1) is 7.13. The van der Waals surface area contributed by atoms with Gasteiger partial charge >= 0.3 is 5.97 Å². The molecule has 0 aliphatic rings. The average Bonchev–Trinajstić information content (AvgIpc) is 2.21. The van der Waals surface area contributed by atoms with Crippen LogP contribution in [0.4, 0.5) is 5.82 Å². The van der Waals surface area contributed by atoms with Crippen molar-refractivity contribution in [2.45, 2.75) is 6.42 Å². The lowest BCUT2D eigenvalue weighted by molar-refractivity contribution is -0.139. The zero-order chi connectivity index (χ0) is 11.3. The third kappa shape index (κ3) is 3.55. The van der Waals surface area contributed by atoms with E-state index in [9.17, 15) is 4.79 Å². The summed E-state index contributed by atoms with van der Waals surface area (Å²) in [6, 6.07) is 0. The van der Waals surface area contributed by atoms with Gasteiger partial charge in [-0.1, -0.05) is 17.7 Å². The number of methoxy groups -OCH3 is 1. The van der Waals surface area contributed by atoms with Crippen molar-refractivity contribution in [3.63, 3.8) is 0 Å². The molecule has 0 aliphatic carbocycles. The van der Waals surface area contributed by atoms with E-state index in [2.05, 4.69) is 14.7 Å². The molecule has 2 N–H and O–H groups in total. The van der Waals surface area contributed by atoms with Gasteiger partial charge in [-0.3, -0.25) is 4.79 Å². The topological polar surface area (TPSA) is 78.1 Å². The Bertz CT molecular complexity index is 393. The minimum absolute atomic E-state index is 0.166. The van der Waals surface area contributed by atoms with Crippen LogP contribution in [0.3, 0.4) is 0 Å². The normalized spacial score (nSPS) is 10.5. The van der Waals surface area contributed by atoms with Crippen LogP contribution in [0.5, 0.6) is 0 Å². The van der Waals surface area contributed by atoms with Crippen molar-refractivity contribution in [1.82, 2.24) is 9.97 Å². The van der Waals surface area contributed by atoms with Gasteiger partial charge < -0.3 is 10.5 Å². The Kier molecular flexibility index (Phi) is 4.05. The molecule has 0 fully saturated rings. The molecule has 0 radical (unpaired) electrons. The predicted molar refractivity (Wildman–Crippen MR) is 57.1 cm³/mol. The van der Waals surface area contributed by atoms with Gasteiger partial charge in [0.1, 0.15) is 11.5 Å². The molecule has 15 heavy (non-hydrogen) atoms. The maximum absolute atomic E-state index is 10.8. The Morgan fingerprint density at radius 3 is 3.07 bits per heavy atom. The van der Waals surface area contributed by atoms with Gasteiger partial charge in [-0.25, -0.2) is 9.97 Å². The van der Waals surface area contributed by atoms with Crippen LogP contribution >= 0.6 is 11.6 Å². The number of esters is 1.